The molecule has 0 bridgehead atoms. The highest BCUT2D eigenvalue weighted by Gasteiger charge is 2.40. The van der Waals surface area contributed by atoms with Gasteiger partial charge in [-0.25, -0.2) is 24.5 Å². The van der Waals surface area contributed by atoms with Gasteiger partial charge in [0.15, 0.2) is 0 Å². The third-order valence-corrected chi connectivity index (χ3v) is 19.4. The number of aldehydes is 1. The summed E-state index contributed by atoms with van der Waals surface area (Å²) in [5.41, 5.74) is 9.20. The fraction of sp³-hybridized carbons (Fsp3) is 0.375. The van der Waals surface area contributed by atoms with E-state index in [0.29, 0.717) is 56.4 Å². The van der Waals surface area contributed by atoms with E-state index in [1.807, 2.05) is 47.7 Å². The number of imidazole rings is 3. The molecule has 3 aromatic carbocycles. The lowest BCUT2D eigenvalue weighted by Crippen LogP contribution is -2.51. The van der Waals surface area contributed by atoms with Crippen molar-refractivity contribution in [2.45, 2.75) is 116 Å². The average molecular weight is 1220 g/mol. The summed E-state index contributed by atoms with van der Waals surface area (Å²) in [5.74, 6) is -0.327. The van der Waals surface area contributed by atoms with Crippen LogP contribution in [0.15, 0.2) is 97.5 Å². The first-order valence-corrected chi connectivity index (χ1v) is 31.2. The molecule has 11 rings (SSSR count). The zero-order valence-corrected chi connectivity index (χ0v) is 50.8. The van der Waals surface area contributed by atoms with Gasteiger partial charge >= 0.3 is 12.2 Å². The fourth-order valence-corrected chi connectivity index (χ4v) is 15.0. The quantitative estimate of drug-likeness (QED) is 0.0277. The molecule has 23 heteroatoms. The van der Waals surface area contributed by atoms with Gasteiger partial charge in [0, 0.05) is 51.4 Å². The van der Waals surface area contributed by atoms with Gasteiger partial charge in [-0.1, -0.05) is 114 Å². The molecular formula is C64H70N12O9S2. The first-order chi connectivity index (χ1) is 41.8. The Morgan fingerprint density at radius 1 is 0.563 bits per heavy atom. The van der Waals surface area contributed by atoms with Gasteiger partial charge in [0.25, 0.3) is 5.91 Å². The number of hydrogen-bond acceptors (Lipinski definition) is 12. The normalized spacial score (nSPS) is 18.0. The minimum Gasteiger partial charge on any atom is -0.465 e. The highest BCUT2D eigenvalue weighted by molar-refractivity contribution is 7.32. The highest BCUT2D eigenvalue weighted by atomic mass is 32.1. The Labute approximate surface area is 510 Å². The van der Waals surface area contributed by atoms with Crippen LogP contribution in [0.5, 0.6) is 0 Å². The van der Waals surface area contributed by atoms with E-state index in [1.54, 1.807) is 49.8 Å². The molecule has 2 unspecified atom stereocenters. The number of benzene rings is 3. The van der Waals surface area contributed by atoms with Crippen molar-refractivity contribution in [3.63, 3.8) is 0 Å². The maximum absolute atomic E-state index is 13.8. The van der Waals surface area contributed by atoms with Gasteiger partial charge in [-0.3, -0.25) is 24.0 Å². The van der Waals surface area contributed by atoms with E-state index >= 15 is 0 Å². The molecule has 8 heterocycles. The van der Waals surface area contributed by atoms with Crippen LogP contribution in [0.3, 0.4) is 0 Å². The number of carboxylic acid groups (broad SMARTS) is 2. The van der Waals surface area contributed by atoms with Gasteiger partial charge < -0.3 is 55.8 Å². The van der Waals surface area contributed by atoms with E-state index in [1.165, 1.54) is 0 Å². The van der Waals surface area contributed by atoms with Gasteiger partial charge in [-0.15, -0.1) is 22.7 Å². The lowest BCUT2D eigenvalue weighted by Gasteiger charge is -2.29. The first kappa shape index (κ1) is 59.8. The van der Waals surface area contributed by atoms with Crippen molar-refractivity contribution in [3.8, 4) is 65.8 Å². The average Bonchev–Trinajstić information content (AvgIpc) is 1.86. The van der Waals surface area contributed by atoms with Gasteiger partial charge in [0.2, 0.25) is 24.0 Å². The molecular weight excluding hydrogens is 1140 g/mol. The minimum atomic E-state index is -1.24. The van der Waals surface area contributed by atoms with Gasteiger partial charge in [-0.2, -0.15) is 0 Å². The van der Waals surface area contributed by atoms with E-state index in [-0.39, 0.29) is 59.9 Å². The second-order valence-electron chi connectivity index (χ2n) is 23.6. The highest BCUT2D eigenvalue weighted by Crippen LogP contribution is 2.51. The predicted octanol–water partition coefficient (Wildman–Crippen LogP) is 11.0. The van der Waals surface area contributed by atoms with Crippen LogP contribution in [0.25, 0.3) is 75.2 Å². The van der Waals surface area contributed by atoms with Crippen LogP contribution >= 0.6 is 22.7 Å². The molecule has 452 valence electrons. The molecule has 3 aliphatic rings. The van der Waals surface area contributed by atoms with Crippen molar-refractivity contribution in [2.24, 2.45) is 17.8 Å². The van der Waals surface area contributed by atoms with Gasteiger partial charge in [0.1, 0.15) is 35.6 Å². The number of carbonyl (C=O) groups is 7. The molecule has 8 N–H and O–H groups in total. The summed E-state index contributed by atoms with van der Waals surface area (Å²) in [6.45, 7) is 12.5. The number of carbonyl (C=O) groups excluding carboxylic acids is 5. The van der Waals surface area contributed by atoms with Crippen LogP contribution < -0.4 is 16.0 Å². The number of nitrogens with zero attached hydrogens (tertiary/aromatic N) is 6. The van der Waals surface area contributed by atoms with Crippen molar-refractivity contribution in [1.82, 2.24) is 60.6 Å². The number of aromatic amines is 3. The van der Waals surface area contributed by atoms with E-state index in [4.69, 9.17) is 15.0 Å². The molecule has 5 aromatic heterocycles. The standard InChI is InChI=1S/C64H70N12O9S2/c1-33(2)52(71-50(78)32-77)60(79)74-25-7-10-45(74)57-65-29-42(68-57)36-13-19-39(20-14-36)48-28-49-56(86-48)51(40-21-15-37(16-22-40)43-30-66-58(69-43)46-11-8-26-75(46)61(80)53(34(3)4)72-63(82)83)55(87-49)41-23-17-38(18-24-41)44-31-67-59(70-44)47-12-9-27-76(47)62(81)54(35(5)6)73-64(84)85/h13-24,28-35,45-47,52-54,72-73H,7-12,25-27H2,1-6H3,(H,65,68)(H,66,69)(H,67,70)(H,71,78)(H,82,83)(H,84,85)/t45-,46?,47?,52-,53-,54-/m0/s1. The van der Waals surface area contributed by atoms with Crippen LogP contribution in [0.1, 0.15) is 116 Å². The number of amides is 6. The zero-order valence-electron chi connectivity index (χ0n) is 49.1. The molecule has 3 aliphatic heterocycles. The Bertz CT molecular complexity index is 3860. The summed E-state index contributed by atoms with van der Waals surface area (Å²) in [7, 11) is 0. The number of hydrogen-bond donors (Lipinski definition) is 8. The third kappa shape index (κ3) is 12.3. The smallest absolute Gasteiger partial charge is 0.405 e. The van der Waals surface area contributed by atoms with E-state index < -0.39 is 36.2 Å². The number of rotatable bonds is 19. The Kier molecular flexibility index (Phi) is 17.3. The van der Waals surface area contributed by atoms with E-state index in [2.05, 4.69) is 110 Å². The van der Waals surface area contributed by atoms with Crippen LogP contribution in [0, 0.1) is 17.8 Å². The topological polar surface area (TPSA) is 292 Å². The first-order valence-electron chi connectivity index (χ1n) is 29.6. The molecule has 3 saturated heterocycles. The van der Waals surface area contributed by atoms with Crippen LogP contribution in [-0.2, 0) is 24.0 Å². The van der Waals surface area contributed by atoms with E-state index in [0.717, 1.165) is 94.4 Å². The van der Waals surface area contributed by atoms with Crippen molar-refractivity contribution < 1.29 is 43.8 Å². The molecule has 87 heavy (non-hydrogen) atoms. The molecule has 8 aromatic rings. The number of nitrogens with one attached hydrogen (secondary N) is 6. The molecule has 6 atom stereocenters. The molecule has 0 radical (unpaired) electrons. The summed E-state index contributed by atoms with van der Waals surface area (Å²) in [5, 5.41) is 26.4. The van der Waals surface area contributed by atoms with Gasteiger partial charge in [-0.05, 0) is 90.2 Å². The largest absolute Gasteiger partial charge is 0.465 e. The molecule has 0 spiro atoms. The molecule has 0 aliphatic carbocycles. The summed E-state index contributed by atoms with van der Waals surface area (Å²) in [6.07, 6.45) is 7.55. The Morgan fingerprint density at radius 2 is 0.989 bits per heavy atom. The maximum Gasteiger partial charge on any atom is 0.405 e. The Balaban J connectivity index is 0.872. The Hall–Kier alpha value is -8.96. The number of thiophene rings is 2. The van der Waals surface area contributed by atoms with Crippen LogP contribution in [0.2, 0.25) is 0 Å². The van der Waals surface area contributed by atoms with Gasteiger partial charge in [0.05, 0.1) is 52.3 Å². The number of likely N-dealkylation sites (tertiary alicyclic amines) is 3. The maximum atomic E-state index is 13.8. The summed E-state index contributed by atoms with van der Waals surface area (Å²) in [6, 6.07) is 23.8. The van der Waals surface area contributed by atoms with Crippen LogP contribution in [-0.4, -0.2) is 135 Å². The third-order valence-electron chi connectivity index (χ3n) is 16.9. The molecule has 6 amide bonds. The van der Waals surface area contributed by atoms with Crippen molar-refractivity contribution in [3.05, 3.63) is 115 Å². The number of fused-ring (bicyclic) bond motifs is 1. The lowest BCUT2D eigenvalue weighted by molar-refractivity contribution is -0.140. The number of H-pyrrole nitrogens is 3. The molecule has 0 saturated carbocycles. The Morgan fingerprint density at radius 3 is 1.45 bits per heavy atom. The predicted molar refractivity (Wildman–Crippen MR) is 332 cm³/mol. The monoisotopic (exact) mass is 1210 g/mol. The molecule has 3 fully saturated rings. The fourth-order valence-electron chi connectivity index (χ4n) is 12.4. The second kappa shape index (κ2) is 25.2. The minimum absolute atomic E-state index is 0.187. The van der Waals surface area contributed by atoms with E-state index in [9.17, 15) is 43.8 Å². The SMILES string of the molecule is CC(C)[C@H](NC(=O)O)C(=O)N1CCCC1c1nc(-c2ccc(-c3sc4cc(-c5ccc(-c6cnc([C@@H]7CCCN7C(=O)[C@@H](NC(=O)C=O)C(C)C)[nH]6)cc5)sc4c3-c3ccc(-c4cnc(C5CCCN5C(=O)[C@@H](NC(=O)O)C(C)C)[nH]4)cc3)cc2)c[nH]1. The zero-order chi connectivity index (χ0) is 61.4. The van der Waals surface area contributed by atoms with Crippen molar-refractivity contribution >= 4 is 74.2 Å². The summed E-state index contributed by atoms with van der Waals surface area (Å²) >= 11 is 3.44. The second-order valence-corrected chi connectivity index (χ2v) is 25.7. The van der Waals surface area contributed by atoms with Crippen molar-refractivity contribution in [1.29, 1.82) is 0 Å². The summed E-state index contributed by atoms with van der Waals surface area (Å²) < 4.78 is 2.25. The number of aromatic nitrogens is 6. The summed E-state index contributed by atoms with van der Waals surface area (Å²) in [4.78, 5) is 120. The van der Waals surface area contributed by atoms with Crippen LogP contribution in [0.4, 0.5) is 9.59 Å². The lowest BCUT2D eigenvalue weighted by atomic mass is 9.99. The molecule has 21 nitrogen and oxygen atoms in total. The van der Waals surface area contributed by atoms with Crippen molar-refractivity contribution in [2.75, 3.05) is 19.6 Å².